The van der Waals surface area contributed by atoms with E-state index in [0.29, 0.717) is 12.1 Å². The van der Waals surface area contributed by atoms with Crippen LogP contribution in [0.3, 0.4) is 0 Å². The van der Waals surface area contributed by atoms with Crippen LogP contribution < -0.4 is 0 Å². The van der Waals surface area contributed by atoms with Crippen molar-refractivity contribution in [3.63, 3.8) is 0 Å². The van der Waals surface area contributed by atoms with Crippen LogP contribution >= 0.6 is 0 Å². The first-order valence-electron chi connectivity index (χ1n) is 3.10. The van der Waals surface area contributed by atoms with Crippen molar-refractivity contribution in [1.82, 2.24) is 0 Å². The molecule has 1 atom stereocenters. The van der Waals surface area contributed by atoms with Gasteiger partial charge in [-0.25, -0.2) is 0 Å². The van der Waals surface area contributed by atoms with Gasteiger partial charge in [0.1, 0.15) is 5.71 Å². The molecule has 1 aliphatic rings. The summed E-state index contributed by atoms with van der Waals surface area (Å²) < 4.78 is 0. The fourth-order valence-corrected chi connectivity index (χ4v) is 0.731. The molecule has 54 valence electrons. The molecule has 3 heteroatoms. The summed E-state index contributed by atoms with van der Waals surface area (Å²) in [5.41, 5.74) is 0.505. The molecular weight excluding hydrogens is 130 g/mol. The molecule has 0 radical (unpaired) electrons. The Labute approximate surface area is 59.4 Å². The van der Waals surface area contributed by atoms with E-state index in [1.807, 2.05) is 0 Å². The highest BCUT2D eigenvalue weighted by Crippen LogP contribution is 2.10. The van der Waals surface area contributed by atoms with Gasteiger partial charge in [-0.05, 0) is 6.08 Å². The van der Waals surface area contributed by atoms with Gasteiger partial charge in [-0.15, -0.1) is 0 Å². The van der Waals surface area contributed by atoms with Crippen LogP contribution in [0.5, 0.6) is 0 Å². The van der Waals surface area contributed by atoms with Crippen LogP contribution in [0.4, 0.5) is 0 Å². The van der Waals surface area contributed by atoms with Gasteiger partial charge in [-0.2, -0.15) is 0 Å². The molecular formula is C7H9NO2. The number of hydrogen-bond acceptors (Lipinski definition) is 3. The molecule has 0 amide bonds. The summed E-state index contributed by atoms with van der Waals surface area (Å²) in [6.45, 7) is 5.01. The Morgan fingerprint density at radius 2 is 2.70 bits per heavy atom. The SMILES string of the molecule is C=CC1CC(C(C)=O)=NO1. The number of nitrogens with zero attached hydrogens (tertiary/aromatic N) is 1. The molecule has 1 aliphatic heterocycles. The summed E-state index contributed by atoms with van der Waals surface area (Å²) in [6, 6.07) is 0. The highest BCUT2D eigenvalue weighted by atomic mass is 16.6. The first-order chi connectivity index (χ1) is 4.74. The standard InChI is InChI=1S/C7H9NO2/c1-3-6-4-7(5(2)9)8-10-6/h3,6H,1,4H2,2H3. The topological polar surface area (TPSA) is 38.7 Å². The van der Waals surface area contributed by atoms with Crippen LogP contribution in [0, 0.1) is 0 Å². The minimum atomic E-state index is -0.0982. The molecule has 3 nitrogen and oxygen atoms in total. The second-order valence-corrected chi connectivity index (χ2v) is 2.18. The molecule has 0 aromatic carbocycles. The Kier molecular flexibility index (Phi) is 1.85. The van der Waals surface area contributed by atoms with E-state index in [4.69, 9.17) is 4.84 Å². The number of Topliss-reactive ketones (excluding diaryl/α,β-unsaturated/α-hetero) is 1. The molecule has 1 heterocycles. The number of hydrogen-bond donors (Lipinski definition) is 0. The fraction of sp³-hybridized carbons (Fsp3) is 0.429. The van der Waals surface area contributed by atoms with Crippen molar-refractivity contribution < 1.29 is 9.63 Å². The van der Waals surface area contributed by atoms with E-state index in [-0.39, 0.29) is 11.9 Å². The summed E-state index contributed by atoms with van der Waals surface area (Å²) in [4.78, 5) is 15.5. The van der Waals surface area contributed by atoms with E-state index in [1.54, 1.807) is 6.08 Å². The lowest BCUT2D eigenvalue weighted by Crippen LogP contribution is -2.10. The first kappa shape index (κ1) is 6.99. The first-order valence-corrected chi connectivity index (χ1v) is 3.10. The molecule has 0 N–H and O–H groups in total. The van der Waals surface area contributed by atoms with Gasteiger partial charge < -0.3 is 4.84 Å². The third-order valence-electron chi connectivity index (χ3n) is 1.36. The molecule has 0 aromatic rings. The lowest BCUT2D eigenvalue weighted by molar-refractivity contribution is -0.111. The van der Waals surface area contributed by atoms with Crippen LogP contribution in [0.25, 0.3) is 0 Å². The second kappa shape index (κ2) is 2.64. The van der Waals surface area contributed by atoms with Gasteiger partial charge in [-0.3, -0.25) is 4.79 Å². The van der Waals surface area contributed by atoms with Crippen molar-refractivity contribution in [1.29, 1.82) is 0 Å². The van der Waals surface area contributed by atoms with Crippen LogP contribution in [-0.2, 0) is 9.63 Å². The number of carbonyl (C=O) groups excluding carboxylic acids is 1. The van der Waals surface area contributed by atoms with E-state index in [0.717, 1.165) is 0 Å². The largest absolute Gasteiger partial charge is 0.388 e. The van der Waals surface area contributed by atoms with Gasteiger partial charge in [0.2, 0.25) is 0 Å². The summed E-state index contributed by atoms with van der Waals surface area (Å²) in [5.74, 6) is -0.0237. The van der Waals surface area contributed by atoms with Gasteiger partial charge in [0, 0.05) is 13.3 Å². The van der Waals surface area contributed by atoms with Gasteiger partial charge in [0.15, 0.2) is 11.9 Å². The Balaban J connectivity index is 2.54. The monoisotopic (exact) mass is 139 g/mol. The molecule has 1 rings (SSSR count). The summed E-state index contributed by atoms with van der Waals surface area (Å²) in [6.07, 6.45) is 2.11. The summed E-state index contributed by atoms with van der Waals surface area (Å²) in [5, 5.41) is 3.58. The number of rotatable bonds is 2. The smallest absolute Gasteiger partial charge is 0.177 e. The molecule has 0 saturated heterocycles. The van der Waals surface area contributed by atoms with Crippen molar-refractivity contribution in [2.45, 2.75) is 19.4 Å². The lowest BCUT2D eigenvalue weighted by Gasteiger charge is -1.96. The molecule has 10 heavy (non-hydrogen) atoms. The third-order valence-corrected chi connectivity index (χ3v) is 1.36. The lowest BCUT2D eigenvalue weighted by atomic mass is 10.1. The second-order valence-electron chi connectivity index (χ2n) is 2.18. The Morgan fingerprint density at radius 1 is 2.00 bits per heavy atom. The Morgan fingerprint density at radius 3 is 3.00 bits per heavy atom. The fourth-order valence-electron chi connectivity index (χ4n) is 0.731. The molecule has 0 aliphatic carbocycles. The van der Waals surface area contributed by atoms with Crippen molar-refractivity contribution in [2.75, 3.05) is 0 Å². The average Bonchev–Trinajstić information content (AvgIpc) is 2.34. The number of oxime groups is 1. The van der Waals surface area contributed by atoms with Crippen LogP contribution in [0.1, 0.15) is 13.3 Å². The van der Waals surface area contributed by atoms with E-state index in [1.165, 1.54) is 6.92 Å². The maximum atomic E-state index is 10.7. The molecule has 0 spiro atoms. The Bertz CT molecular complexity index is 196. The number of carbonyl (C=O) groups is 1. The molecule has 0 fully saturated rings. The van der Waals surface area contributed by atoms with Crippen molar-refractivity contribution >= 4 is 11.5 Å². The van der Waals surface area contributed by atoms with E-state index in [2.05, 4.69) is 11.7 Å². The minimum absolute atomic E-state index is 0.0237. The predicted molar refractivity (Wildman–Crippen MR) is 37.8 cm³/mol. The van der Waals surface area contributed by atoms with Gasteiger partial charge >= 0.3 is 0 Å². The van der Waals surface area contributed by atoms with Crippen LogP contribution in [0.2, 0.25) is 0 Å². The zero-order chi connectivity index (χ0) is 7.56. The van der Waals surface area contributed by atoms with Crippen LogP contribution in [-0.4, -0.2) is 17.6 Å². The zero-order valence-corrected chi connectivity index (χ0v) is 5.83. The maximum absolute atomic E-state index is 10.7. The highest BCUT2D eigenvalue weighted by Gasteiger charge is 2.20. The van der Waals surface area contributed by atoms with E-state index in [9.17, 15) is 4.79 Å². The Hall–Kier alpha value is -1.12. The van der Waals surface area contributed by atoms with Gasteiger partial charge in [-0.1, -0.05) is 11.7 Å². The average molecular weight is 139 g/mol. The number of ketones is 1. The van der Waals surface area contributed by atoms with E-state index < -0.39 is 0 Å². The minimum Gasteiger partial charge on any atom is -0.388 e. The zero-order valence-electron chi connectivity index (χ0n) is 5.83. The van der Waals surface area contributed by atoms with Gasteiger partial charge in [0.05, 0.1) is 0 Å². The maximum Gasteiger partial charge on any atom is 0.177 e. The molecule has 0 aromatic heterocycles. The normalized spacial score (nSPS) is 23.3. The van der Waals surface area contributed by atoms with Crippen LogP contribution in [0.15, 0.2) is 17.8 Å². The summed E-state index contributed by atoms with van der Waals surface area (Å²) in [7, 11) is 0. The van der Waals surface area contributed by atoms with Crippen molar-refractivity contribution in [3.05, 3.63) is 12.7 Å². The molecule has 0 saturated carbocycles. The summed E-state index contributed by atoms with van der Waals surface area (Å²) >= 11 is 0. The van der Waals surface area contributed by atoms with Crippen molar-refractivity contribution in [3.8, 4) is 0 Å². The molecule has 0 bridgehead atoms. The quantitative estimate of drug-likeness (QED) is 0.533. The van der Waals surface area contributed by atoms with Gasteiger partial charge in [0.25, 0.3) is 0 Å². The molecule has 1 unspecified atom stereocenters. The highest BCUT2D eigenvalue weighted by molar-refractivity contribution is 6.39. The van der Waals surface area contributed by atoms with Crippen molar-refractivity contribution in [2.24, 2.45) is 5.16 Å². The predicted octanol–water partition coefficient (Wildman–Crippen LogP) is 0.906. The third kappa shape index (κ3) is 1.23. The van der Waals surface area contributed by atoms with E-state index >= 15 is 0 Å².